The van der Waals surface area contributed by atoms with Gasteiger partial charge in [-0.3, -0.25) is 0 Å². The molecule has 2 heteroatoms. The fourth-order valence-corrected chi connectivity index (χ4v) is 2.54. The first-order chi connectivity index (χ1) is 7.88. The van der Waals surface area contributed by atoms with Crippen LogP contribution < -0.4 is 0 Å². The molecule has 0 saturated heterocycles. The van der Waals surface area contributed by atoms with Gasteiger partial charge in [0.25, 0.3) is 0 Å². The topological polar surface area (TPSA) is 9.23 Å². The van der Waals surface area contributed by atoms with Gasteiger partial charge >= 0.3 is 0 Å². The van der Waals surface area contributed by atoms with E-state index in [9.17, 15) is 0 Å². The number of halogens is 1. The maximum absolute atomic E-state index is 5.93. The maximum Gasteiger partial charge on any atom is 0.0720 e. The maximum atomic E-state index is 5.93. The van der Waals surface area contributed by atoms with Crippen molar-refractivity contribution < 1.29 is 4.74 Å². The summed E-state index contributed by atoms with van der Waals surface area (Å²) in [7, 11) is 0. The van der Waals surface area contributed by atoms with E-state index in [0.29, 0.717) is 6.10 Å². The molecule has 2 rings (SSSR count). The minimum atomic E-state index is 0.504. The normalized spacial score (nSPS) is 17.6. The third-order valence-electron chi connectivity index (χ3n) is 3.22. The zero-order chi connectivity index (χ0) is 11.2. The molecule has 1 saturated carbocycles. The first-order valence-electron chi connectivity index (χ1n) is 6.14. The molecule has 1 aliphatic rings. The first kappa shape index (κ1) is 12.1. The lowest BCUT2D eigenvalue weighted by Gasteiger charge is -2.22. The molecule has 1 nitrogen and oxygen atoms in total. The lowest BCUT2D eigenvalue weighted by molar-refractivity contribution is 0.0169. The van der Waals surface area contributed by atoms with Crippen LogP contribution in [0.15, 0.2) is 24.3 Å². The molecule has 0 bridgehead atoms. The second kappa shape index (κ2) is 6.41. The highest BCUT2D eigenvalue weighted by Crippen LogP contribution is 2.21. The molecule has 0 heterocycles. The van der Waals surface area contributed by atoms with Crippen molar-refractivity contribution in [3.63, 3.8) is 0 Å². The van der Waals surface area contributed by atoms with Crippen LogP contribution in [0.3, 0.4) is 0 Å². The van der Waals surface area contributed by atoms with E-state index in [4.69, 9.17) is 4.74 Å². The van der Waals surface area contributed by atoms with Crippen molar-refractivity contribution >= 4 is 15.9 Å². The van der Waals surface area contributed by atoms with Gasteiger partial charge in [0, 0.05) is 5.33 Å². The SMILES string of the molecule is BrCc1ccc(COC2CCCCC2)cc1. The molecular weight excluding hydrogens is 264 g/mol. The van der Waals surface area contributed by atoms with Gasteiger partial charge in [-0.25, -0.2) is 0 Å². The summed E-state index contributed by atoms with van der Waals surface area (Å²) < 4.78 is 5.93. The fraction of sp³-hybridized carbons (Fsp3) is 0.571. The van der Waals surface area contributed by atoms with Crippen molar-refractivity contribution in [2.24, 2.45) is 0 Å². The summed E-state index contributed by atoms with van der Waals surface area (Å²) >= 11 is 3.45. The number of hydrogen-bond donors (Lipinski definition) is 0. The van der Waals surface area contributed by atoms with E-state index in [1.54, 1.807) is 0 Å². The predicted molar refractivity (Wildman–Crippen MR) is 70.7 cm³/mol. The quantitative estimate of drug-likeness (QED) is 0.743. The Labute approximate surface area is 106 Å². The van der Waals surface area contributed by atoms with Crippen LogP contribution in [-0.2, 0) is 16.7 Å². The van der Waals surface area contributed by atoms with Gasteiger partial charge < -0.3 is 4.74 Å². The highest BCUT2D eigenvalue weighted by atomic mass is 79.9. The summed E-state index contributed by atoms with van der Waals surface area (Å²) in [6.07, 6.45) is 7.07. The lowest BCUT2D eigenvalue weighted by Crippen LogP contribution is -2.16. The Morgan fingerprint density at radius 3 is 2.25 bits per heavy atom. The van der Waals surface area contributed by atoms with Crippen molar-refractivity contribution in [1.29, 1.82) is 0 Å². The van der Waals surface area contributed by atoms with Gasteiger partial charge in [0.05, 0.1) is 12.7 Å². The third kappa shape index (κ3) is 3.60. The predicted octanol–water partition coefficient (Wildman–Crippen LogP) is 4.43. The lowest BCUT2D eigenvalue weighted by atomic mass is 9.98. The zero-order valence-corrected chi connectivity index (χ0v) is 11.2. The molecule has 0 radical (unpaired) electrons. The minimum absolute atomic E-state index is 0.504. The number of hydrogen-bond acceptors (Lipinski definition) is 1. The van der Waals surface area contributed by atoms with Crippen LogP contribution >= 0.6 is 15.9 Å². The number of ether oxygens (including phenoxy) is 1. The Morgan fingerprint density at radius 2 is 1.62 bits per heavy atom. The summed E-state index contributed by atoms with van der Waals surface area (Å²) in [5, 5.41) is 0.927. The molecule has 1 fully saturated rings. The second-order valence-corrected chi connectivity index (χ2v) is 5.08. The standard InChI is InChI=1S/C14H19BrO/c15-10-12-6-8-13(9-7-12)11-16-14-4-2-1-3-5-14/h6-9,14H,1-5,10-11H2. The summed E-state index contributed by atoms with van der Waals surface area (Å²) in [5.41, 5.74) is 2.61. The van der Waals surface area contributed by atoms with E-state index in [1.165, 1.54) is 43.2 Å². The van der Waals surface area contributed by atoms with Crippen molar-refractivity contribution in [3.05, 3.63) is 35.4 Å². The van der Waals surface area contributed by atoms with Crippen molar-refractivity contribution in [2.45, 2.75) is 50.1 Å². The van der Waals surface area contributed by atoms with E-state index in [2.05, 4.69) is 40.2 Å². The molecule has 16 heavy (non-hydrogen) atoms. The van der Waals surface area contributed by atoms with E-state index in [-0.39, 0.29) is 0 Å². The zero-order valence-electron chi connectivity index (χ0n) is 9.62. The Balaban J connectivity index is 1.79. The van der Waals surface area contributed by atoms with Crippen LogP contribution in [-0.4, -0.2) is 6.10 Å². The van der Waals surface area contributed by atoms with Gasteiger partial charge in [-0.2, -0.15) is 0 Å². The molecule has 0 atom stereocenters. The monoisotopic (exact) mass is 282 g/mol. The van der Waals surface area contributed by atoms with Crippen LogP contribution in [0.2, 0.25) is 0 Å². The average Bonchev–Trinajstić information content (AvgIpc) is 2.38. The van der Waals surface area contributed by atoms with Gasteiger partial charge in [0.15, 0.2) is 0 Å². The molecule has 0 aromatic heterocycles. The van der Waals surface area contributed by atoms with E-state index < -0.39 is 0 Å². The Hall–Kier alpha value is -0.340. The van der Waals surface area contributed by atoms with Gasteiger partial charge in [0.1, 0.15) is 0 Å². The highest BCUT2D eigenvalue weighted by molar-refractivity contribution is 9.08. The molecule has 1 aromatic carbocycles. The van der Waals surface area contributed by atoms with E-state index in [0.717, 1.165) is 11.9 Å². The minimum Gasteiger partial charge on any atom is -0.374 e. The smallest absolute Gasteiger partial charge is 0.0720 e. The second-order valence-electron chi connectivity index (χ2n) is 4.52. The summed E-state index contributed by atoms with van der Waals surface area (Å²) in [6, 6.07) is 8.65. The van der Waals surface area contributed by atoms with Crippen LogP contribution in [0.5, 0.6) is 0 Å². The first-order valence-corrected chi connectivity index (χ1v) is 7.26. The number of benzene rings is 1. The van der Waals surface area contributed by atoms with E-state index in [1.807, 2.05) is 0 Å². The number of alkyl halides is 1. The highest BCUT2D eigenvalue weighted by Gasteiger charge is 2.13. The van der Waals surface area contributed by atoms with Crippen LogP contribution in [0, 0.1) is 0 Å². The van der Waals surface area contributed by atoms with Gasteiger partial charge in [0.2, 0.25) is 0 Å². The Morgan fingerprint density at radius 1 is 1.00 bits per heavy atom. The molecule has 1 aromatic rings. The summed E-state index contributed by atoms with van der Waals surface area (Å²) in [6.45, 7) is 0.771. The molecule has 88 valence electrons. The molecule has 0 aliphatic heterocycles. The Bertz CT molecular complexity index is 301. The van der Waals surface area contributed by atoms with Crippen molar-refractivity contribution in [1.82, 2.24) is 0 Å². The van der Waals surface area contributed by atoms with Gasteiger partial charge in [-0.05, 0) is 24.0 Å². The molecule has 0 spiro atoms. The molecular formula is C14H19BrO. The molecule has 1 aliphatic carbocycles. The molecule has 0 unspecified atom stereocenters. The van der Waals surface area contributed by atoms with Gasteiger partial charge in [-0.15, -0.1) is 0 Å². The van der Waals surface area contributed by atoms with Crippen LogP contribution in [0.25, 0.3) is 0 Å². The fourth-order valence-electron chi connectivity index (χ4n) is 2.17. The van der Waals surface area contributed by atoms with Crippen molar-refractivity contribution in [2.75, 3.05) is 0 Å². The van der Waals surface area contributed by atoms with Crippen molar-refractivity contribution in [3.8, 4) is 0 Å². The van der Waals surface area contributed by atoms with Crippen LogP contribution in [0.1, 0.15) is 43.2 Å². The molecule has 0 N–H and O–H groups in total. The van der Waals surface area contributed by atoms with Crippen LogP contribution in [0.4, 0.5) is 0 Å². The Kier molecular flexibility index (Phi) is 4.86. The largest absolute Gasteiger partial charge is 0.374 e. The number of rotatable bonds is 4. The molecule has 0 amide bonds. The third-order valence-corrected chi connectivity index (χ3v) is 3.86. The average molecular weight is 283 g/mol. The summed E-state index contributed by atoms with van der Waals surface area (Å²) in [5.74, 6) is 0. The van der Waals surface area contributed by atoms with E-state index >= 15 is 0 Å². The summed E-state index contributed by atoms with van der Waals surface area (Å²) in [4.78, 5) is 0. The van der Waals surface area contributed by atoms with Gasteiger partial charge in [-0.1, -0.05) is 59.5 Å².